The zero-order valence-electron chi connectivity index (χ0n) is 15.2. The van der Waals surface area contributed by atoms with E-state index in [-0.39, 0.29) is 29.5 Å². The molecule has 0 spiro atoms. The van der Waals surface area contributed by atoms with Gasteiger partial charge in [-0.25, -0.2) is 14.6 Å². The van der Waals surface area contributed by atoms with E-state index < -0.39 is 11.6 Å². The largest absolute Gasteiger partial charge is 0.484 e. The predicted octanol–water partition coefficient (Wildman–Crippen LogP) is 2.08. The summed E-state index contributed by atoms with van der Waals surface area (Å²) >= 11 is 0. The van der Waals surface area contributed by atoms with Crippen molar-refractivity contribution in [2.45, 2.75) is 39.4 Å². The Hall–Kier alpha value is -2.51. The molecule has 1 amide bonds. The number of methoxy groups -OCH3 is 1. The third-order valence-electron chi connectivity index (χ3n) is 3.78. The molecule has 0 saturated carbocycles. The number of amides is 1. The lowest BCUT2D eigenvalue weighted by Crippen LogP contribution is -2.36. The van der Waals surface area contributed by atoms with Crippen molar-refractivity contribution in [1.29, 1.82) is 0 Å². The molecule has 0 radical (unpaired) electrons. The third-order valence-corrected chi connectivity index (χ3v) is 3.78. The van der Waals surface area contributed by atoms with E-state index in [9.17, 15) is 9.59 Å². The molecule has 138 valence electrons. The molecule has 1 aliphatic heterocycles. The van der Waals surface area contributed by atoms with Gasteiger partial charge in [0.05, 0.1) is 19.2 Å². The van der Waals surface area contributed by atoms with Crippen LogP contribution in [-0.2, 0) is 9.47 Å². The summed E-state index contributed by atoms with van der Waals surface area (Å²) in [6.07, 6.45) is 0.684. The van der Waals surface area contributed by atoms with E-state index in [1.165, 1.54) is 19.4 Å². The number of ether oxygens (including phenoxy) is 3. The molecule has 1 saturated heterocycles. The van der Waals surface area contributed by atoms with E-state index >= 15 is 0 Å². The number of hydrogen-bond donors (Lipinski definition) is 1. The molecule has 0 bridgehead atoms. The maximum Gasteiger partial charge on any atom is 0.410 e. The Bertz CT molecular complexity index is 656. The summed E-state index contributed by atoms with van der Waals surface area (Å²) in [5, 5.41) is 0. The number of hydrogen-bond acceptors (Lipinski definition) is 7. The van der Waals surface area contributed by atoms with Crippen molar-refractivity contribution in [2.24, 2.45) is 5.92 Å². The lowest BCUT2D eigenvalue weighted by Gasteiger charge is -2.24. The van der Waals surface area contributed by atoms with Crippen LogP contribution in [0, 0.1) is 5.92 Å². The second kappa shape index (κ2) is 7.16. The Morgan fingerprint density at radius 3 is 2.60 bits per heavy atom. The minimum Gasteiger partial charge on any atom is -0.484 e. The van der Waals surface area contributed by atoms with Crippen LogP contribution >= 0.6 is 0 Å². The number of likely N-dealkylation sites (tertiary alicyclic amines) is 1. The first-order chi connectivity index (χ1) is 11.6. The molecule has 0 aromatic carbocycles. The van der Waals surface area contributed by atoms with Crippen LogP contribution in [0.25, 0.3) is 0 Å². The maximum absolute atomic E-state index is 12.2. The van der Waals surface area contributed by atoms with Crippen LogP contribution in [0.1, 0.15) is 38.1 Å². The molecule has 8 nitrogen and oxygen atoms in total. The highest BCUT2D eigenvalue weighted by Crippen LogP contribution is 2.28. The van der Waals surface area contributed by atoms with Gasteiger partial charge in [-0.15, -0.1) is 0 Å². The molecular formula is C17H25N3O5. The maximum atomic E-state index is 12.2. The average Bonchev–Trinajstić information content (AvgIpc) is 2.88. The molecule has 1 aromatic rings. The van der Waals surface area contributed by atoms with Crippen molar-refractivity contribution in [3.63, 3.8) is 0 Å². The molecule has 1 aromatic heterocycles. The van der Waals surface area contributed by atoms with Crippen LogP contribution in [0.4, 0.5) is 10.6 Å². The highest BCUT2D eigenvalue weighted by molar-refractivity contribution is 5.89. The second-order valence-corrected chi connectivity index (χ2v) is 7.12. The normalized spacial score (nSPS) is 20.3. The fourth-order valence-corrected chi connectivity index (χ4v) is 2.51. The van der Waals surface area contributed by atoms with Crippen LogP contribution in [0.3, 0.4) is 0 Å². The summed E-state index contributed by atoms with van der Waals surface area (Å²) in [5.74, 6) is 0.0299. The van der Waals surface area contributed by atoms with Crippen LogP contribution < -0.4 is 10.5 Å². The van der Waals surface area contributed by atoms with Gasteiger partial charge in [0, 0.05) is 24.7 Å². The summed E-state index contributed by atoms with van der Waals surface area (Å²) in [6, 6.07) is 1.50. The summed E-state index contributed by atoms with van der Waals surface area (Å²) < 4.78 is 16.0. The number of anilines is 1. The van der Waals surface area contributed by atoms with Crippen LogP contribution in [0.5, 0.6) is 5.75 Å². The van der Waals surface area contributed by atoms with Gasteiger partial charge in [0.2, 0.25) is 0 Å². The minimum absolute atomic E-state index is 0.0775. The third kappa shape index (κ3) is 4.74. The quantitative estimate of drug-likeness (QED) is 0.831. The molecule has 2 N–H and O–H groups in total. The number of rotatable bonds is 3. The first-order valence-electron chi connectivity index (χ1n) is 8.09. The molecule has 2 rings (SSSR count). The molecule has 0 aliphatic carbocycles. The zero-order valence-corrected chi connectivity index (χ0v) is 15.2. The van der Waals surface area contributed by atoms with Crippen LogP contribution in [0.2, 0.25) is 0 Å². The van der Waals surface area contributed by atoms with Crippen molar-refractivity contribution < 1.29 is 23.8 Å². The number of nitrogens with zero attached hydrogens (tertiary/aromatic N) is 2. The molecule has 8 heteroatoms. The fourth-order valence-electron chi connectivity index (χ4n) is 2.51. The van der Waals surface area contributed by atoms with Crippen LogP contribution in [0.15, 0.2) is 12.3 Å². The van der Waals surface area contributed by atoms with Crippen molar-refractivity contribution in [1.82, 2.24) is 9.88 Å². The Kier molecular flexibility index (Phi) is 5.39. The number of carbonyl (C=O) groups is 2. The first kappa shape index (κ1) is 18.8. The number of carbonyl (C=O) groups excluding carboxylic acids is 2. The van der Waals surface area contributed by atoms with E-state index in [0.29, 0.717) is 18.8 Å². The van der Waals surface area contributed by atoms with E-state index in [4.69, 9.17) is 15.2 Å². The minimum atomic E-state index is -0.553. The monoisotopic (exact) mass is 351 g/mol. The van der Waals surface area contributed by atoms with Crippen LogP contribution in [-0.4, -0.2) is 53.9 Å². The Balaban J connectivity index is 2.08. The van der Waals surface area contributed by atoms with Gasteiger partial charge in [0.15, 0.2) is 11.6 Å². The van der Waals surface area contributed by atoms with Gasteiger partial charge in [0.1, 0.15) is 11.7 Å². The smallest absolute Gasteiger partial charge is 0.410 e. The average molecular weight is 351 g/mol. The highest BCUT2D eigenvalue weighted by Gasteiger charge is 2.36. The number of pyridine rings is 1. The number of nitrogen functional groups attached to an aromatic ring is 1. The lowest BCUT2D eigenvalue weighted by molar-refractivity contribution is 0.0275. The van der Waals surface area contributed by atoms with Gasteiger partial charge in [-0.2, -0.15) is 0 Å². The molecule has 1 fully saturated rings. The zero-order chi connectivity index (χ0) is 18.8. The SMILES string of the molecule is COC(=O)c1cnc(N)c(OC2CN(C(=O)OC(C)(C)C)CC2C)c1. The highest BCUT2D eigenvalue weighted by atomic mass is 16.6. The second-order valence-electron chi connectivity index (χ2n) is 7.12. The summed E-state index contributed by atoms with van der Waals surface area (Å²) in [4.78, 5) is 29.4. The van der Waals surface area contributed by atoms with E-state index in [2.05, 4.69) is 9.72 Å². The van der Waals surface area contributed by atoms with Crippen molar-refractivity contribution in [3.05, 3.63) is 17.8 Å². The van der Waals surface area contributed by atoms with E-state index in [1.54, 1.807) is 4.90 Å². The predicted molar refractivity (Wildman–Crippen MR) is 91.4 cm³/mol. The molecule has 2 atom stereocenters. The van der Waals surface area contributed by atoms with Gasteiger partial charge in [-0.05, 0) is 20.8 Å². The summed E-state index contributed by atoms with van der Waals surface area (Å²) in [7, 11) is 1.29. The van der Waals surface area contributed by atoms with E-state index in [0.717, 1.165) is 0 Å². The first-order valence-corrected chi connectivity index (χ1v) is 8.09. The number of esters is 1. The molecule has 1 aliphatic rings. The Morgan fingerprint density at radius 1 is 1.32 bits per heavy atom. The van der Waals surface area contributed by atoms with Gasteiger partial charge < -0.3 is 24.8 Å². The molecular weight excluding hydrogens is 326 g/mol. The van der Waals surface area contributed by atoms with Gasteiger partial charge >= 0.3 is 12.1 Å². The molecule has 2 heterocycles. The van der Waals surface area contributed by atoms with Crippen molar-refractivity contribution in [3.8, 4) is 5.75 Å². The summed E-state index contributed by atoms with van der Waals surface area (Å²) in [5.41, 5.74) is 5.54. The van der Waals surface area contributed by atoms with Gasteiger partial charge in [-0.3, -0.25) is 0 Å². The molecule has 25 heavy (non-hydrogen) atoms. The summed E-state index contributed by atoms with van der Waals surface area (Å²) in [6.45, 7) is 8.33. The van der Waals surface area contributed by atoms with Gasteiger partial charge in [-0.1, -0.05) is 6.92 Å². The van der Waals surface area contributed by atoms with Gasteiger partial charge in [0.25, 0.3) is 0 Å². The fraction of sp³-hybridized carbons (Fsp3) is 0.588. The standard InChI is InChI=1S/C17H25N3O5/c1-10-8-20(16(22)25-17(2,3)4)9-13(10)24-12-6-11(15(21)23-5)7-19-14(12)18/h6-7,10,13H,8-9H2,1-5H3,(H2,18,19). The number of aromatic nitrogens is 1. The number of nitrogens with two attached hydrogens (primary N) is 1. The lowest BCUT2D eigenvalue weighted by atomic mass is 10.1. The topological polar surface area (TPSA) is 104 Å². The van der Waals surface area contributed by atoms with Crippen molar-refractivity contribution in [2.75, 3.05) is 25.9 Å². The molecule has 2 unspecified atom stereocenters. The Morgan fingerprint density at radius 2 is 2.00 bits per heavy atom. The van der Waals surface area contributed by atoms with Crippen molar-refractivity contribution >= 4 is 17.9 Å². The Labute approximate surface area is 147 Å². The van der Waals surface area contributed by atoms with E-state index in [1.807, 2.05) is 27.7 Å².